The van der Waals surface area contributed by atoms with Crippen molar-refractivity contribution in [3.05, 3.63) is 222 Å². The van der Waals surface area contributed by atoms with Gasteiger partial charge < -0.3 is 85.6 Å². The summed E-state index contributed by atoms with van der Waals surface area (Å²) in [6.45, 7) is 18.0. The Hall–Kier alpha value is -5.43. The highest BCUT2D eigenvalue weighted by Crippen LogP contribution is 2.64. The molecule has 0 saturated carbocycles. The Kier molecular flexibility index (Phi) is 25.1. The molecule has 0 spiro atoms. The first-order valence-corrected chi connectivity index (χ1v) is 41.3. The van der Waals surface area contributed by atoms with Crippen molar-refractivity contribution in [2.75, 3.05) is 32.2 Å². The van der Waals surface area contributed by atoms with Crippen molar-refractivity contribution in [3.63, 3.8) is 0 Å². The average Bonchev–Trinajstić information content (AvgIpc) is 1.53. The number of methoxy groups -OCH3 is 1. The lowest BCUT2D eigenvalue weighted by molar-refractivity contribution is -0.174. The Balaban J connectivity index is 0.000000150. The predicted octanol–water partition coefficient (Wildman–Crippen LogP) is 14.5. The largest absolute Gasteiger partial charge is 0.497 e. The highest BCUT2D eigenvalue weighted by atomic mass is 35.6. The predicted molar refractivity (Wildman–Crippen MR) is 403 cm³/mol. The van der Waals surface area contributed by atoms with Gasteiger partial charge in [0.05, 0.1) is 46.8 Å². The minimum atomic E-state index is -3.86. The van der Waals surface area contributed by atoms with Gasteiger partial charge in [0.25, 0.3) is 25.9 Å². The Morgan fingerprint density at radius 3 is 1.40 bits per heavy atom. The van der Waals surface area contributed by atoms with Crippen LogP contribution in [0, 0.1) is 12.3 Å². The second-order valence-corrected chi connectivity index (χ2v) is 38.2. The zero-order valence-corrected chi connectivity index (χ0v) is 65.5. The molecule has 17 atom stereocenters. The summed E-state index contributed by atoms with van der Waals surface area (Å²) in [4.78, 5) is 0. The fourth-order valence-electron chi connectivity index (χ4n) is 13.7. The number of aryl methyl sites for hydroxylation is 1. The van der Waals surface area contributed by atoms with Gasteiger partial charge in [0.15, 0.2) is 29.0 Å². The van der Waals surface area contributed by atoms with E-state index in [0.29, 0.717) is 34.9 Å². The van der Waals surface area contributed by atoms with Crippen molar-refractivity contribution < 1.29 is 94.0 Å². The molecule has 7 aromatic carbocycles. The molecular weight excluding hydrogens is 1480 g/mol. The van der Waals surface area contributed by atoms with E-state index < -0.39 is 140 Å². The van der Waals surface area contributed by atoms with Crippen molar-refractivity contribution >= 4 is 84.4 Å². The van der Waals surface area contributed by atoms with Gasteiger partial charge in [0, 0.05) is 21.6 Å². The molecule has 570 valence electrons. The smallest absolute Gasteiger partial charge is 0.274 e. The number of anilines is 1. The maximum atomic E-state index is 14.8. The number of aliphatic hydroxyl groups excluding tert-OH is 1. The van der Waals surface area contributed by atoms with E-state index in [1.807, 2.05) is 180 Å². The number of aliphatic hydroxyl groups is 1. The molecule has 0 aliphatic carbocycles. The van der Waals surface area contributed by atoms with Crippen LogP contribution in [0.25, 0.3) is 0 Å². The second-order valence-electron chi connectivity index (χ2n) is 28.5. The Morgan fingerprint density at radius 1 is 0.500 bits per heavy atom. The third-order valence-corrected chi connectivity index (χ3v) is 27.2. The van der Waals surface area contributed by atoms with E-state index in [0.717, 1.165) is 27.9 Å². The van der Waals surface area contributed by atoms with Gasteiger partial charge in [0.2, 0.25) is 11.7 Å². The van der Waals surface area contributed by atoms with Crippen LogP contribution in [0.1, 0.15) is 77.6 Å². The standard InChI is InChI=1S/C33H35O7P.C25H32NO6P.C20H25Cl3NO7P/c1-36-28-17-19-29(20-18-28)41(35)33(34)32(39-23-27-15-9-4-10-16-27)31(38-22-26-13-7-3-8-14-26)30(40-41)24-37-21-25-11-5-2-6-12-25;1-16-11-13-17(14-12-16)26-23-22-21(30-25(4,5)31-22)20(19-15-28-24(2,3)29-19)32-33(23,27)18-9-7-6-8-10-18;1-18(2)26-10-12(28-18)13-14-15(30-19(3,4)29-14)16(27-17(24)20(21,22)23)32(25,31-13)11-8-6-5-7-9-11/h2-20,30-34H,21-24H2,1H3;6-14,19-23,26H,15H2,1-5H3;5-9,12-16,24H,10H2,1-4H3/t30-,31-,32+,33?,41+;19-,20-,21+,22+,23-,33+;12-,13-,14+,15+,16-,32+/m111/s1. The maximum Gasteiger partial charge on any atom is 0.274 e. The lowest BCUT2D eigenvalue weighted by Gasteiger charge is -2.44. The van der Waals surface area contributed by atoms with E-state index in [2.05, 4.69) is 5.32 Å². The van der Waals surface area contributed by atoms with E-state index in [1.54, 1.807) is 89.4 Å². The van der Waals surface area contributed by atoms with Gasteiger partial charge in [-0.2, -0.15) is 0 Å². The number of fused-ring (bicyclic) bond motifs is 2. The molecule has 7 fully saturated rings. The number of halogens is 3. The third-order valence-electron chi connectivity index (χ3n) is 18.7. The van der Waals surface area contributed by atoms with E-state index in [-0.39, 0.29) is 26.4 Å². The second kappa shape index (κ2) is 33.3. The highest BCUT2D eigenvalue weighted by molar-refractivity contribution is 7.68. The van der Waals surface area contributed by atoms with Crippen LogP contribution >= 0.6 is 56.9 Å². The van der Waals surface area contributed by atoms with Gasteiger partial charge in [-0.1, -0.05) is 180 Å². The van der Waals surface area contributed by atoms with Crippen LogP contribution in [-0.2, 0) is 104 Å². The zero-order valence-electron chi connectivity index (χ0n) is 60.6. The molecule has 1 unspecified atom stereocenters. The molecule has 3 N–H and O–H groups in total. The highest BCUT2D eigenvalue weighted by Gasteiger charge is 2.66. The molecule has 7 aliphatic heterocycles. The summed E-state index contributed by atoms with van der Waals surface area (Å²) in [7, 11) is -9.63. The van der Waals surface area contributed by atoms with Crippen molar-refractivity contribution in [1.82, 2.24) is 0 Å². The van der Waals surface area contributed by atoms with Crippen LogP contribution < -0.4 is 26.0 Å². The summed E-state index contributed by atoms with van der Waals surface area (Å²) in [5.41, 5.74) is 4.87. The Morgan fingerprint density at radius 2 is 0.925 bits per heavy atom. The summed E-state index contributed by atoms with van der Waals surface area (Å²) in [6.07, 6.45) is -7.51. The SMILES string of the molecule is CC1(C)O[C@H]2[C@@H]([C@H]3COC(C)(C)O3)O[P@@](=O)(c3ccccc3)[C@@H](OC(=N)C(Cl)(Cl)Cl)[C@H]2O1.COc1ccc([P@]2(=O)O[C@H](COCc3ccccc3)[C@@H](OCc3ccccc3)[C@H](OCc3ccccc3)C2O)cc1.Cc1ccc(N[C@H]2[C@H]3OC(C)(C)O[C@H]3[C@@H]([C@H]3COC(C)(C)O3)O[P@@]2(=O)c2ccccc2)cc1. The van der Waals surface area contributed by atoms with E-state index in [4.69, 9.17) is 115 Å². The number of nitrogens with one attached hydrogen (secondary N) is 2. The molecule has 0 radical (unpaired) electrons. The summed E-state index contributed by atoms with van der Waals surface area (Å²) in [5.74, 6) is -6.95. The van der Waals surface area contributed by atoms with Gasteiger partial charge in [-0.05, 0) is 140 Å². The molecule has 106 heavy (non-hydrogen) atoms. The van der Waals surface area contributed by atoms with Gasteiger partial charge in [-0.15, -0.1) is 0 Å². The molecule has 28 heteroatoms. The molecule has 0 bridgehead atoms. The molecular formula is C78H92Cl3N2O20P3. The van der Waals surface area contributed by atoms with Crippen molar-refractivity contribution in [2.24, 2.45) is 0 Å². The lowest BCUT2D eigenvalue weighted by Crippen LogP contribution is -2.57. The van der Waals surface area contributed by atoms with Gasteiger partial charge in [-0.25, -0.2) is 0 Å². The summed E-state index contributed by atoms with van der Waals surface area (Å²) in [5, 5.41) is 24.6. The van der Waals surface area contributed by atoms with Crippen LogP contribution in [-0.4, -0.2) is 149 Å². The van der Waals surface area contributed by atoms with Crippen LogP contribution in [0.3, 0.4) is 0 Å². The first-order chi connectivity index (χ1) is 50.3. The number of rotatable bonds is 19. The van der Waals surface area contributed by atoms with Gasteiger partial charge >= 0.3 is 0 Å². The molecule has 0 aromatic heterocycles. The molecule has 7 aromatic rings. The fourth-order valence-corrected chi connectivity index (χ4v) is 21.5. The summed E-state index contributed by atoms with van der Waals surface area (Å²) in [6, 6.07) is 61.8. The minimum Gasteiger partial charge on any atom is -0.497 e. The normalized spacial score (nSPS) is 32.4. The Bertz CT molecular complexity index is 4200. The van der Waals surface area contributed by atoms with Crippen molar-refractivity contribution in [3.8, 4) is 5.75 Å². The van der Waals surface area contributed by atoms with Crippen LogP contribution in [0.4, 0.5) is 5.69 Å². The minimum absolute atomic E-state index is 0.0897. The van der Waals surface area contributed by atoms with Crippen LogP contribution in [0.15, 0.2) is 200 Å². The number of ether oxygens (including phenoxy) is 13. The molecule has 7 aliphatic rings. The third kappa shape index (κ3) is 18.8. The topological polar surface area (TPSA) is 255 Å². The molecule has 0 amide bonds. The number of alkyl halides is 3. The monoisotopic (exact) mass is 1570 g/mol. The lowest BCUT2D eigenvalue weighted by atomic mass is 10.0. The average molecular weight is 1580 g/mol. The number of benzene rings is 7. The van der Waals surface area contributed by atoms with E-state index in [1.165, 1.54) is 0 Å². The first kappa shape index (κ1) is 80.1. The van der Waals surface area contributed by atoms with Gasteiger partial charge in [-0.3, -0.25) is 19.1 Å². The van der Waals surface area contributed by atoms with Crippen molar-refractivity contribution in [1.29, 1.82) is 5.41 Å². The van der Waals surface area contributed by atoms with Crippen LogP contribution in [0.2, 0.25) is 0 Å². The van der Waals surface area contributed by atoms with E-state index >= 15 is 0 Å². The first-order valence-electron chi connectivity index (χ1n) is 35.1. The van der Waals surface area contributed by atoms with Gasteiger partial charge in [0.1, 0.15) is 78.7 Å². The Labute approximate surface area is 634 Å². The quantitative estimate of drug-likeness (QED) is 0.0294. The molecule has 14 rings (SSSR count). The molecule has 7 heterocycles. The van der Waals surface area contributed by atoms with Crippen molar-refractivity contribution in [2.45, 2.75) is 194 Å². The summed E-state index contributed by atoms with van der Waals surface area (Å²) < 4.78 is 139. The molecule has 7 saturated heterocycles. The van der Waals surface area contributed by atoms with Crippen LogP contribution in [0.5, 0.6) is 5.75 Å². The summed E-state index contributed by atoms with van der Waals surface area (Å²) >= 11 is 17.5. The van der Waals surface area contributed by atoms with E-state index in [9.17, 15) is 18.8 Å². The number of hydrogen-bond donors (Lipinski definition) is 3. The zero-order chi connectivity index (χ0) is 75.5. The fraction of sp³-hybridized carbons (Fsp3) is 0.449. The number of hydrogen-bond acceptors (Lipinski definition) is 22. The molecule has 22 nitrogen and oxygen atoms in total. The maximum absolute atomic E-state index is 14.8.